The molecule has 0 radical (unpaired) electrons. The van der Waals surface area contributed by atoms with E-state index in [1.807, 2.05) is 37.5 Å². The maximum Gasteiger partial charge on any atom is 0.198 e. The number of ketones is 1. The van der Waals surface area contributed by atoms with E-state index >= 15 is 0 Å². The zero-order valence-corrected chi connectivity index (χ0v) is 17.7. The molecule has 0 unspecified atom stereocenters. The summed E-state index contributed by atoms with van der Waals surface area (Å²) in [6, 6.07) is 9.33. The van der Waals surface area contributed by atoms with Gasteiger partial charge >= 0.3 is 0 Å². The van der Waals surface area contributed by atoms with Gasteiger partial charge in [0.1, 0.15) is 11.4 Å². The fourth-order valence-corrected chi connectivity index (χ4v) is 3.95. The average Bonchev–Trinajstić information content (AvgIpc) is 3.16. The lowest BCUT2D eigenvalue weighted by atomic mass is 10.0. The van der Waals surface area contributed by atoms with Crippen LogP contribution in [0.5, 0.6) is 0 Å². The van der Waals surface area contributed by atoms with Crippen molar-refractivity contribution in [3.05, 3.63) is 53.4 Å². The minimum Gasteiger partial charge on any atom is -0.382 e. The van der Waals surface area contributed by atoms with Crippen LogP contribution >= 0.6 is 11.6 Å². The molecule has 0 atom stereocenters. The lowest BCUT2D eigenvalue weighted by Crippen LogP contribution is -2.41. The molecule has 1 saturated heterocycles. The highest BCUT2D eigenvalue weighted by Crippen LogP contribution is 2.34. The normalized spacial score (nSPS) is 14.0. The van der Waals surface area contributed by atoms with Crippen molar-refractivity contribution in [2.75, 3.05) is 25.4 Å². The smallest absolute Gasteiger partial charge is 0.198 e. The number of halogens is 1. The molecule has 31 heavy (non-hydrogen) atoms. The third-order valence-corrected chi connectivity index (χ3v) is 5.68. The number of benzene rings is 1. The fourth-order valence-electron chi connectivity index (χ4n) is 3.68. The Bertz CT molecular complexity index is 1310. The van der Waals surface area contributed by atoms with Crippen molar-refractivity contribution in [3.8, 4) is 22.6 Å². The third kappa shape index (κ3) is 3.64. The second-order valence-corrected chi connectivity index (χ2v) is 8.02. The lowest BCUT2D eigenvalue weighted by molar-refractivity contribution is 0.0871. The highest BCUT2D eigenvalue weighted by Gasteiger charge is 2.24. The molecule has 8 nitrogen and oxygen atoms in total. The van der Waals surface area contributed by atoms with Crippen LogP contribution in [-0.2, 0) is 7.05 Å². The molecule has 1 aliphatic rings. The van der Waals surface area contributed by atoms with Crippen molar-refractivity contribution in [1.29, 1.82) is 0 Å². The van der Waals surface area contributed by atoms with Gasteiger partial charge in [0.15, 0.2) is 17.3 Å². The monoisotopic (exact) mass is 433 g/mol. The van der Waals surface area contributed by atoms with E-state index in [4.69, 9.17) is 22.3 Å². The Balaban J connectivity index is 1.69. The van der Waals surface area contributed by atoms with Crippen molar-refractivity contribution < 1.29 is 4.79 Å². The standard InChI is InChI=1S/C22H20ClN7O/c1-29-9-5-16(28-29)20-19(14-10-13-4-2-6-25-18(13)15(23)11-14)26-21(22(24)27-20)17(31)12-30-7-3-8-30/h2,4-6,9-11H,3,7-8,12H2,1H3,(H2,24,27). The number of nitrogen functional groups attached to an aromatic ring is 1. The molecule has 156 valence electrons. The van der Waals surface area contributed by atoms with Gasteiger partial charge in [-0.25, -0.2) is 9.97 Å². The topological polar surface area (TPSA) is 103 Å². The fraction of sp³-hybridized carbons (Fsp3) is 0.227. The van der Waals surface area contributed by atoms with E-state index in [1.165, 1.54) is 0 Å². The number of aromatic nitrogens is 5. The molecule has 0 amide bonds. The summed E-state index contributed by atoms with van der Waals surface area (Å²) in [5.41, 5.74) is 9.39. The number of carbonyl (C=O) groups is 1. The molecule has 5 rings (SSSR count). The van der Waals surface area contributed by atoms with Crippen LogP contribution in [0.4, 0.5) is 5.82 Å². The quantitative estimate of drug-likeness (QED) is 0.482. The predicted octanol–water partition coefficient (Wildman–Crippen LogP) is 3.22. The summed E-state index contributed by atoms with van der Waals surface area (Å²) in [6.45, 7) is 2.10. The first kappa shape index (κ1) is 19.6. The number of pyridine rings is 1. The number of nitrogens with zero attached hydrogens (tertiary/aromatic N) is 6. The molecular weight excluding hydrogens is 414 g/mol. The van der Waals surface area contributed by atoms with Gasteiger partial charge < -0.3 is 5.73 Å². The predicted molar refractivity (Wildman–Crippen MR) is 120 cm³/mol. The van der Waals surface area contributed by atoms with Gasteiger partial charge in [0.2, 0.25) is 0 Å². The number of hydrogen-bond donors (Lipinski definition) is 1. The number of carbonyl (C=O) groups excluding carboxylic acids is 1. The van der Waals surface area contributed by atoms with E-state index in [0.29, 0.717) is 27.6 Å². The highest BCUT2D eigenvalue weighted by molar-refractivity contribution is 6.35. The number of Topliss-reactive ketones (excluding diaryl/α,β-unsaturated/α-hetero) is 1. The Morgan fingerprint density at radius 2 is 2.03 bits per heavy atom. The number of rotatable bonds is 5. The molecule has 0 spiro atoms. The molecule has 0 saturated carbocycles. The van der Waals surface area contributed by atoms with Crippen LogP contribution in [0.25, 0.3) is 33.5 Å². The number of nitrogens with two attached hydrogens (primary N) is 1. The van der Waals surface area contributed by atoms with E-state index in [0.717, 1.165) is 30.5 Å². The third-order valence-electron chi connectivity index (χ3n) is 5.39. The number of hydrogen-bond acceptors (Lipinski definition) is 7. The summed E-state index contributed by atoms with van der Waals surface area (Å²) in [7, 11) is 1.82. The zero-order chi connectivity index (χ0) is 21.5. The van der Waals surface area contributed by atoms with Gasteiger partial charge in [0, 0.05) is 30.4 Å². The Labute approximate surface area is 183 Å². The molecule has 1 aliphatic heterocycles. The molecule has 0 bridgehead atoms. The van der Waals surface area contributed by atoms with Gasteiger partial charge in [-0.15, -0.1) is 0 Å². The van der Waals surface area contributed by atoms with Crippen molar-refractivity contribution >= 4 is 34.1 Å². The summed E-state index contributed by atoms with van der Waals surface area (Å²) in [4.78, 5) is 28.6. The summed E-state index contributed by atoms with van der Waals surface area (Å²) in [6.07, 6.45) is 4.61. The van der Waals surface area contributed by atoms with Gasteiger partial charge in [-0.05, 0) is 43.8 Å². The number of anilines is 1. The number of fused-ring (bicyclic) bond motifs is 1. The first-order chi connectivity index (χ1) is 15.0. The Hall–Kier alpha value is -3.36. The Kier molecular flexibility index (Phi) is 4.88. The highest BCUT2D eigenvalue weighted by atomic mass is 35.5. The van der Waals surface area contributed by atoms with E-state index in [9.17, 15) is 4.79 Å². The summed E-state index contributed by atoms with van der Waals surface area (Å²) in [5.74, 6) is -0.0458. The van der Waals surface area contributed by atoms with Gasteiger partial charge in [0.05, 0.1) is 22.8 Å². The second-order valence-electron chi connectivity index (χ2n) is 7.62. The van der Waals surface area contributed by atoms with Crippen LogP contribution in [0.1, 0.15) is 16.9 Å². The zero-order valence-electron chi connectivity index (χ0n) is 16.9. The maximum absolute atomic E-state index is 12.9. The minimum absolute atomic E-state index is 0.100. The van der Waals surface area contributed by atoms with Crippen LogP contribution in [0.3, 0.4) is 0 Å². The van der Waals surface area contributed by atoms with Gasteiger partial charge in [-0.3, -0.25) is 19.4 Å². The molecule has 4 heterocycles. The van der Waals surface area contributed by atoms with Crippen LogP contribution in [0, 0.1) is 0 Å². The van der Waals surface area contributed by atoms with E-state index < -0.39 is 0 Å². The minimum atomic E-state index is -0.146. The molecule has 2 N–H and O–H groups in total. The molecular formula is C22H20ClN7O. The lowest BCUT2D eigenvalue weighted by Gasteiger charge is -2.29. The Morgan fingerprint density at radius 3 is 2.74 bits per heavy atom. The summed E-state index contributed by atoms with van der Waals surface area (Å²) >= 11 is 6.51. The first-order valence-electron chi connectivity index (χ1n) is 9.97. The van der Waals surface area contributed by atoms with E-state index in [2.05, 4.69) is 20.0 Å². The maximum atomic E-state index is 12.9. The number of aryl methyl sites for hydroxylation is 1. The van der Waals surface area contributed by atoms with Crippen LogP contribution in [0.2, 0.25) is 5.02 Å². The average molecular weight is 434 g/mol. The van der Waals surface area contributed by atoms with E-state index in [-0.39, 0.29) is 23.8 Å². The molecule has 9 heteroatoms. The van der Waals surface area contributed by atoms with Gasteiger partial charge in [-0.2, -0.15) is 5.10 Å². The van der Waals surface area contributed by atoms with Crippen molar-refractivity contribution in [3.63, 3.8) is 0 Å². The van der Waals surface area contributed by atoms with Crippen molar-refractivity contribution in [2.45, 2.75) is 6.42 Å². The van der Waals surface area contributed by atoms with Crippen molar-refractivity contribution in [2.24, 2.45) is 7.05 Å². The van der Waals surface area contributed by atoms with Gasteiger partial charge in [0.25, 0.3) is 0 Å². The van der Waals surface area contributed by atoms with Crippen molar-refractivity contribution in [1.82, 2.24) is 29.6 Å². The SMILES string of the molecule is Cn1ccc(-c2nc(N)c(C(=O)CN3CCC3)nc2-c2cc(Cl)c3ncccc3c2)n1. The second kappa shape index (κ2) is 7.72. The molecule has 4 aromatic rings. The van der Waals surface area contributed by atoms with Crippen LogP contribution in [0.15, 0.2) is 42.7 Å². The molecule has 1 fully saturated rings. The summed E-state index contributed by atoms with van der Waals surface area (Å²) < 4.78 is 1.68. The Morgan fingerprint density at radius 1 is 1.19 bits per heavy atom. The van der Waals surface area contributed by atoms with Crippen LogP contribution in [-0.4, -0.2) is 55.0 Å². The van der Waals surface area contributed by atoms with E-state index in [1.54, 1.807) is 16.9 Å². The largest absolute Gasteiger partial charge is 0.382 e. The molecule has 1 aromatic carbocycles. The number of likely N-dealkylation sites (tertiary alicyclic amines) is 1. The van der Waals surface area contributed by atoms with Crippen LogP contribution < -0.4 is 5.73 Å². The molecule has 3 aromatic heterocycles. The van der Waals surface area contributed by atoms with Gasteiger partial charge in [-0.1, -0.05) is 17.7 Å². The summed E-state index contributed by atoms with van der Waals surface area (Å²) in [5, 5.41) is 5.82. The first-order valence-corrected chi connectivity index (χ1v) is 10.3. The molecule has 0 aliphatic carbocycles.